The van der Waals surface area contributed by atoms with E-state index in [0.29, 0.717) is 65.8 Å². The van der Waals surface area contributed by atoms with Crippen molar-refractivity contribution < 1.29 is 38.4 Å². The van der Waals surface area contributed by atoms with Crippen molar-refractivity contribution in [1.29, 1.82) is 0 Å². The highest BCUT2D eigenvalue weighted by Gasteiger charge is 2.16. The summed E-state index contributed by atoms with van der Waals surface area (Å²) < 4.78 is 28.7. The molecule has 0 heterocycles. The van der Waals surface area contributed by atoms with Crippen LogP contribution in [-0.2, 0) is 36.6 Å². The molecule has 0 fully saturated rings. The second-order valence-electron chi connectivity index (χ2n) is 14.9. The summed E-state index contributed by atoms with van der Waals surface area (Å²) in [6, 6.07) is 46.3. The van der Waals surface area contributed by atoms with Crippen LogP contribution in [-0.4, -0.2) is 73.6 Å². The van der Waals surface area contributed by atoms with Gasteiger partial charge >= 0.3 is 11.9 Å². The van der Waals surface area contributed by atoms with Crippen molar-refractivity contribution in [2.24, 2.45) is 0 Å². The molecule has 0 aromatic heterocycles. The number of carboxylic acids is 1. The Labute approximate surface area is 422 Å². The van der Waals surface area contributed by atoms with Gasteiger partial charge in [0.15, 0.2) is 0 Å². The summed E-state index contributed by atoms with van der Waals surface area (Å²) in [5, 5.41) is 11.5. The fraction of sp³-hybridized carbons (Fsp3) is 0.283. The Balaban J connectivity index is 0.000000251. The first-order valence-corrected chi connectivity index (χ1v) is 25.5. The Bertz CT molecular complexity index is 2240. The second kappa shape index (κ2) is 30.2. The Morgan fingerprint density at radius 1 is 0.463 bits per heavy atom. The summed E-state index contributed by atoms with van der Waals surface area (Å²) >= 11 is 27.7. The number of ether oxygens (including phenoxy) is 5. The zero-order valence-corrected chi connectivity index (χ0v) is 41.8. The van der Waals surface area contributed by atoms with Crippen molar-refractivity contribution in [1.82, 2.24) is 0 Å². The van der Waals surface area contributed by atoms with Crippen LogP contribution in [0.25, 0.3) is 0 Å². The average molecular weight is 1020 g/mol. The standard InChI is InChI=1S/C27H28Cl2O4S.C26H26Cl2O4S/c1-31-26(30)15-4-20-2-13-25(14-3-20)32-16-18-34-19-17-33-27(21-5-9-23(28)10-6-21)22-7-11-24(29)12-8-22;27-22-8-4-20(5-9-22)26(21-6-10-23(28)11-7-21)32-16-18-33-17-15-31-24-12-1-19(2-13-24)3-14-25(29)30/h2-3,5-14,27H,4,15-19H2,1H3;1-2,4-13,26H,3,14-18H2,(H,29,30). The lowest BCUT2D eigenvalue weighted by atomic mass is 10.0. The number of carboxylic acid groups (broad SMARTS) is 1. The molecule has 0 aliphatic carbocycles. The number of thioether (sulfide) groups is 2. The maximum atomic E-state index is 11.2. The van der Waals surface area contributed by atoms with E-state index in [2.05, 4.69) is 4.74 Å². The number of benzene rings is 6. The highest BCUT2D eigenvalue weighted by molar-refractivity contribution is 7.99. The number of hydrogen-bond acceptors (Lipinski definition) is 9. The van der Waals surface area contributed by atoms with E-state index in [0.717, 1.165) is 67.9 Å². The van der Waals surface area contributed by atoms with Gasteiger partial charge in [-0.3, -0.25) is 9.59 Å². The minimum Gasteiger partial charge on any atom is -0.493 e. The molecular formula is C53H54Cl4O8S2. The number of hydrogen-bond donors (Lipinski definition) is 1. The molecule has 354 valence electrons. The van der Waals surface area contributed by atoms with Crippen LogP contribution in [0.2, 0.25) is 20.1 Å². The quantitative estimate of drug-likeness (QED) is 0.0418. The van der Waals surface area contributed by atoms with Crippen LogP contribution in [0.4, 0.5) is 0 Å². The van der Waals surface area contributed by atoms with Crippen LogP contribution in [0.1, 0.15) is 58.4 Å². The Morgan fingerprint density at radius 3 is 1.09 bits per heavy atom. The molecule has 6 aromatic rings. The summed E-state index contributed by atoms with van der Waals surface area (Å²) in [4.78, 5) is 21.9. The lowest BCUT2D eigenvalue weighted by Gasteiger charge is -2.19. The molecular weight excluding hydrogens is 971 g/mol. The minimum atomic E-state index is -0.788. The number of aliphatic carboxylic acids is 1. The van der Waals surface area contributed by atoms with Crippen molar-refractivity contribution in [2.45, 2.75) is 37.9 Å². The van der Waals surface area contributed by atoms with Gasteiger partial charge in [0.05, 0.1) is 33.5 Å². The lowest BCUT2D eigenvalue weighted by molar-refractivity contribution is -0.140. The van der Waals surface area contributed by atoms with E-state index < -0.39 is 5.97 Å². The summed E-state index contributed by atoms with van der Waals surface area (Å²) in [6.45, 7) is 2.41. The highest BCUT2D eigenvalue weighted by Crippen LogP contribution is 2.30. The fourth-order valence-corrected chi connectivity index (χ4v) is 8.26. The number of halogens is 4. The molecule has 0 aliphatic heterocycles. The monoisotopic (exact) mass is 1020 g/mol. The van der Waals surface area contributed by atoms with Gasteiger partial charge < -0.3 is 28.8 Å². The van der Waals surface area contributed by atoms with Gasteiger partial charge in [0.1, 0.15) is 23.7 Å². The number of methoxy groups -OCH3 is 1. The van der Waals surface area contributed by atoms with Gasteiger partial charge in [-0.05, 0) is 119 Å². The number of carbonyl (C=O) groups is 2. The molecule has 0 unspecified atom stereocenters. The van der Waals surface area contributed by atoms with Gasteiger partial charge in [0, 0.05) is 55.9 Å². The average Bonchev–Trinajstić information content (AvgIpc) is 3.34. The first-order valence-electron chi connectivity index (χ1n) is 21.7. The maximum absolute atomic E-state index is 11.2. The van der Waals surface area contributed by atoms with Crippen molar-refractivity contribution in [3.05, 3.63) is 199 Å². The van der Waals surface area contributed by atoms with E-state index in [-0.39, 0.29) is 24.6 Å². The third-order valence-electron chi connectivity index (χ3n) is 10.0. The molecule has 0 saturated heterocycles. The molecule has 67 heavy (non-hydrogen) atoms. The third kappa shape index (κ3) is 20.4. The Kier molecular flexibility index (Phi) is 24.2. The van der Waals surface area contributed by atoms with Gasteiger partial charge in [-0.1, -0.05) is 119 Å². The van der Waals surface area contributed by atoms with Crippen molar-refractivity contribution >= 4 is 81.9 Å². The van der Waals surface area contributed by atoms with Gasteiger partial charge in [-0.15, -0.1) is 0 Å². The van der Waals surface area contributed by atoms with Crippen LogP contribution in [0.3, 0.4) is 0 Å². The molecule has 0 saturated carbocycles. The van der Waals surface area contributed by atoms with E-state index in [1.54, 1.807) is 23.5 Å². The largest absolute Gasteiger partial charge is 0.493 e. The van der Waals surface area contributed by atoms with Gasteiger partial charge in [0.2, 0.25) is 0 Å². The molecule has 0 radical (unpaired) electrons. The first kappa shape index (κ1) is 53.6. The fourth-order valence-electron chi connectivity index (χ4n) is 6.52. The van der Waals surface area contributed by atoms with Gasteiger partial charge in [0.25, 0.3) is 0 Å². The zero-order valence-electron chi connectivity index (χ0n) is 37.1. The van der Waals surface area contributed by atoms with Crippen LogP contribution < -0.4 is 9.47 Å². The van der Waals surface area contributed by atoms with Crippen LogP contribution in [0.5, 0.6) is 11.5 Å². The number of aryl methyl sites for hydroxylation is 2. The molecule has 0 atom stereocenters. The van der Waals surface area contributed by atoms with Crippen LogP contribution >= 0.6 is 69.9 Å². The molecule has 0 amide bonds. The van der Waals surface area contributed by atoms with Crippen molar-refractivity contribution in [3.8, 4) is 11.5 Å². The van der Waals surface area contributed by atoms with E-state index >= 15 is 0 Å². The smallest absolute Gasteiger partial charge is 0.305 e. The first-order chi connectivity index (χ1) is 32.6. The number of carbonyl (C=O) groups excluding carboxylic acids is 1. The molecule has 14 heteroatoms. The van der Waals surface area contributed by atoms with Gasteiger partial charge in [-0.25, -0.2) is 0 Å². The van der Waals surface area contributed by atoms with Gasteiger partial charge in [-0.2, -0.15) is 23.5 Å². The Hall–Kier alpha value is -4.36. The lowest BCUT2D eigenvalue weighted by Crippen LogP contribution is -2.09. The SMILES string of the molecule is COC(=O)CCc1ccc(OCCSCCOC(c2ccc(Cl)cc2)c2ccc(Cl)cc2)cc1.O=C(O)CCc1ccc(OCCSCCOC(c2ccc(Cl)cc2)c2ccc(Cl)cc2)cc1. The molecule has 0 bridgehead atoms. The molecule has 8 nitrogen and oxygen atoms in total. The Morgan fingerprint density at radius 2 is 0.776 bits per heavy atom. The van der Waals surface area contributed by atoms with Crippen LogP contribution in [0, 0.1) is 0 Å². The predicted molar refractivity (Wildman–Crippen MR) is 276 cm³/mol. The molecule has 6 rings (SSSR count). The molecule has 6 aromatic carbocycles. The van der Waals surface area contributed by atoms with Crippen molar-refractivity contribution in [2.75, 3.05) is 56.5 Å². The summed E-state index contributed by atoms with van der Waals surface area (Å²) in [7, 11) is 1.40. The topological polar surface area (TPSA) is 101 Å². The molecule has 1 N–H and O–H groups in total. The summed E-state index contributed by atoms with van der Waals surface area (Å²) in [5.41, 5.74) is 6.27. The summed E-state index contributed by atoms with van der Waals surface area (Å²) in [5.74, 6) is 4.03. The number of esters is 1. The van der Waals surface area contributed by atoms with Crippen molar-refractivity contribution in [3.63, 3.8) is 0 Å². The predicted octanol–water partition coefficient (Wildman–Crippen LogP) is 13.9. The van der Waals surface area contributed by atoms with E-state index in [1.165, 1.54) is 7.11 Å². The van der Waals surface area contributed by atoms with E-state index in [9.17, 15) is 9.59 Å². The zero-order chi connectivity index (χ0) is 47.6. The summed E-state index contributed by atoms with van der Waals surface area (Å²) in [6.07, 6.45) is 1.34. The third-order valence-corrected chi connectivity index (χ3v) is 12.9. The molecule has 0 aliphatic rings. The number of rotatable bonds is 26. The van der Waals surface area contributed by atoms with Crippen LogP contribution in [0.15, 0.2) is 146 Å². The second-order valence-corrected chi connectivity index (χ2v) is 19.1. The molecule has 0 spiro atoms. The van der Waals surface area contributed by atoms with E-state index in [1.807, 2.05) is 146 Å². The normalized spacial score (nSPS) is 11.0. The van der Waals surface area contributed by atoms with E-state index in [4.69, 9.17) is 70.5 Å². The maximum Gasteiger partial charge on any atom is 0.305 e. The highest BCUT2D eigenvalue weighted by atomic mass is 35.5. The minimum absolute atomic E-state index is 0.135.